The van der Waals surface area contributed by atoms with Gasteiger partial charge in [0, 0.05) is 12.5 Å². The minimum absolute atomic E-state index is 0.0542. The number of nitrogens with one attached hydrogen (secondary N) is 1. The molecule has 27 heavy (non-hydrogen) atoms. The first-order valence-corrected chi connectivity index (χ1v) is 8.75. The molecular weight excluding hydrogens is 362 g/mol. The maximum absolute atomic E-state index is 13.4. The van der Waals surface area contributed by atoms with Crippen LogP contribution in [0.4, 0.5) is 17.6 Å². The van der Waals surface area contributed by atoms with Gasteiger partial charge in [-0.15, -0.1) is 13.2 Å². The summed E-state index contributed by atoms with van der Waals surface area (Å²) in [6, 6.07) is 10.4. The van der Waals surface area contributed by atoms with Gasteiger partial charge >= 0.3 is 6.36 Å². The molecule has 1 fully saturated rings. The van der Waals surface area contributed by atoms with Crippen LogP contribution in [-0.2, 0) is 11.3 Å². The Labute approximate surface area is 155 Å². The van der Waals surface area contributed by atoms with E-state index in [1.165, 1.54) is 24.3 Å². The standard InChI is InChI=1S/C20H21F4NO2/c1-13-10-15(21)4-7-17(13)18-11-25-9-8-19(18)26-12-14-2-5-16(6-3-14)27-20(22,23)24/h2-7,10,18-19,25H,8-9,11-12H2,1H3. The van der Waals surface area contributed by atoms with Gasteiger partial charge in [0.2, 0.25) is 0 Å². The first-order valence-electron chi connectivity index (χ1n) is 8.75. The molecule has 2 unspecified atom stereocenters. The van der Waals surface area contributed by atoms with E-state index in [4.69, 9.17) is 4.74 Å². The second kappa shape index (κ2) is 8.27. The zero-order valence-corrected chi connectivity index (χ0v) is 14.9. The lowest BCUT2D eigenvalue weighted by molar-refractivity contribution is -0.274. The highest BCUT2D eigenvalue weighted by Crippen LogP contribution is 2.30. The van der Waals surface area contributed by atoms with Crippen molar-refractivity contribution < 1.29 is 27.0 Å². The number of ether oxygens (including phenoxy) is 2. The third kappa shape index (κ3) is 5.43. The highest BCUT2D eigenvalue weighted by Gasteiger charge is 2.31. The van der Waals surface area contributed by atoms with E-state index in [0.29, 0.717) is 0 Å². The van der Waals surface area contributed by atoms with Crippen molar-refractivity contribution in [2.45, 2.75) is 38.3 Å². The molecule has 3 rings (SSSR count). The van der Waals surface area contributed by atoms with Gasteiger partial charge in [0.25, 0.3) is 0 Å². The fourth-order valence-electron chi connectivity index (χ4n) is 3.39. The van der Waals surface area contributed by atoms with Crippen molar-refractivity contribution in [3.05, 3.63) is 65.0 Å². The molecular formula is C20H21F4NO2. The Morgan fingerprint density at radius 1 is 1.11 bits per heavy atom. The molecule has 1 saturated heterocycles. The summed E-state index contributed by atoms with van der Waals surface area (Å²) in [5, 5.41) is 3.34. The lowest BCUT2D eigenvalue weighted by Gasteiger charge is -2.33. The van der Waals surface area contributed by atoms with Crippen LogP contribution in [0.5, 0.6) is 5.75 Å². The number of aryl methyl sites for hydroxylation is 1. The molecule has 0 amide bonds. The Morgan fingerprint density at radius 2 is 1.85 bits per heavy atom. The smallest absolute Gasteiger partial charge is 0.406 e. The van der Waals surface area contributed by atoms with Gasteiger partial charge in [0.05, 0.1) is 12.7 Å². The summed E-state index contributed by atoms with van der Waals surface area (Å²) in [5.41, 5.74) is 2.69. The van der Waals surface area contributed by atoms with Crippen LogP contribution < -0.4 is 10.1 Å². The van der Waals surface area contributed by atoms with Crippen LogP contribution >= 0.6 is 0 Å². The molecule has 7 heteroatoms. The molecule has 146 valence electrons. The van der Waals surface area contributed by atoms with E-state index in [-0.39, 0.29) is 30.2 Å². The van der Waals surface area contributed by atoms with Crippen molar-refractivity contribution in [1.29, 1.82) is 0 Å². The van der Waals surface area contributed by atoms with Crippen LogP contribution in [0.15, 0.2) is 42.5 Å². The van der Waals surface area contributed by atoms with Crippen LogP contribution in [-0.4, -0.2) is 25.6 Å². The van der Waals surface area contributed by atoms with Gasteiger partial charge in [-0.2, -0.15) is 0 Å². The number of rotatable bonds is 5. The Kier molecular flexibility index (Phi) is 6.01. The van der Waals surface area contributed by atoms with Gasteiger partial charge in [0.15, 0.2) is 0 Å². The van der Waals surface area contributed by atoms with E-state index in [0.717, 1.165) is 36.2 Å². The summed E-state index contributed by atoms with van der Waals surface area (Å²) in [7, 11) is 0. The Morgan fingerprint density at radius 3 is 2.52 bits per heavy atom. The second-order valence-electron chi connectivity index (χ2n) is 6.64. The van der Waals surface area contributed by atoms with Crippen molar-refractivity contribution >= 4 is 0 Å². The van der Waals surface area contributed by atoms with Gasteiger partial charge < -0.3 is 14.8 Å². The Bertz CT molecular complexity index is 762. The summed E-state index contributed by atoms with van der Waals surface area (Å²) < 4.78 is 60.0. The van der Waals surface area contributed by atoms with Crippen molar-refractivity contribution in [3.63, 3.8) is 0 Å². The normalized spacial score (nSPS) is 20.5. The van der Waals surface area contributed by atoms with E-state index < -0.39 is 6.36 Å². The lowest BCUT2D eigenvalue weighted by Crippen LogP contribution is -2.40. The number of hydrogen-bond acceptors (Lipinski definition) is 3. The van der Waals surface area contributed by atoms with E-state index in [1.54, 1.807) is 18.2 Å². The molecule has 3 nitrogen and oxygen atoms in total. The average Bonchev–Trinajstić information content (AvgIpc) is 2.60. The number of alkyl halides is 3. The molecule has 1 aliphatic rings. The summed E-state index contributed by atoms with van der Waals surface area (Å²) in [6.07, 6.45) is -3.95. The zero-order chi connectivity index (χ0) is 19.4. The first kappa shape index (κ1) is 19.6. The first-order chi connectivity index (χ1) is 12.8. The molecule has 1 N–H and O–H groups in total. The largest absolute Gasteiger partial charge is 0.573 e. The quantitative estimate of drug-likeness (QED) is 0.760. The molecule has 2 atom stereocenters. The fraction of sp³-hybridized carbons (Fsp3) is 0.400. The number of halogens is 4. The summed E-state index contributed by atoms with van der Waals surface area (Å²) in [5.74, 6) is -0.432. The molecule has 1 heterocycles. The van der Waals surface area contributed by atoms with Crippen LogP contribution in [0.1, 0.15) is 29.0 Å². The number of benzene rings is 2. The highest BCUT2D eigenvalue weighted by atomic mass is 19.4. The lowest BCUT2D eigenvalue weighted by atomic mass is 9.86. The predicted octanol–water partition coefficient (Wildman–Crippen LogP) is 4.70. The SMILES string of the molecule is Cc1cc(F)ccc1C1CNCCC1OCc1ccc(OC(F)(F)F)cc1. The van der Waals surface area contributed by atoms with Crippen LogP contribution in [0.3, 0.4) is 0 Å². The molecule has 2 aromatic carbocycles. The molecule has 0 saturated carbocycles. The van der Waals surface area contributed by atoms with Gasteiger partial charge in [-0.1, -0.05) is 18.2 Å². The average molecular weight is 383 g/mol. The van der Waals surface area contributed by atoms with Gasteiger partial charge in [-0.25, -0.2) is 4.39 Å². The van der Waals surface area contributed by atoms with Gasteiger partial charge in [0.1, 0.15) is 11.6 Å². The van der Waals surface area contributed by atoms with E-state index in [9.17, 15) is 17.6 Å². The maximum Gasteiger partial charge on any atom is 0.573 e. The number of piperidine rings is 1. The molecule has 0 bridgehead atoms. The highest BCUT2D eigenvalue weighted by molar-refractivity contribution is 5.32. The summed E-state index contributed by atoms with van der Waals surface area (Å²) in [4.78, 5) is 0. The molecule has 0 spiro atoms. The predicted molar refractivity (Wildman–Crippen MR) is 93.1 cm³/mol. The molecule has 1 aliphatic heterocycles. The molecule has 2 aromatic rings. The van der Waals surface area contributed by atoms with Crippen molar-refractivity contribution in [2.24, 2.45) is 0 Å². The summed E-state index contributed by atoms with van der Waals surface area (Å²) >= 11 is 0. The number of hydrogen-bond donors (Lipinski definition) is 1. The van der Waals surface area contributed by atoms with Crippen LogP contribution in [0.25, 0.3) is 0 Å². The molecule has 0 radical (unpaired) electrons. The monoisotopic (exact) mass is 383 g/mol. The second-order valence-corrected chi connectivity index (χ2v) is 6.64. The van der Waals surface area contributed by atoms with Crippen molar-refractivity contribution in [1.82, 2.24) is 5.32 Å². The van der Waals surface area contributed by atoms with Crippen molar-refractivity contribution in [3.8, 4) is 5.75 Å². The van der Waals surface area contributed by atoms with E-state index >= 15 is 0 Å². The summed E-state index contributed by atoms with van der Waals surface area (Å²) in [6.45, 7) is 3.71. The maximum atomic E-state index is 13.4. The topological polar surface area (TPSA) is 30.5 Å². The van der Waals surface area contributed by atoms with E-state index in [2.05, 4.69) is 10.1 Å². The molecule has 0 aliphatic carbocycles. The Balaban J connectivity index is 1.64. The van der Waals surface area contributed by atoms with Crippen molar-refractivity contribution in [2.75, 3.05) is 13.1 Å². The minimum atomic E-state index is -4.70. The van der Waals surface area contributed by atoms with E-state index in [1.807, 2.05) is 6.92 Å². The fourth-order valence-corrected chi connectivity index (χ4v) is 3.39. The Hall–Kier alpha value is -2.12. The minimum Gasteiger partial charge on any atom is -0.406 e. The van der Waals surface area contributed by atoms with Crippen LogP contribution in [0.2, 0.25) is 0 Å². The third-order valence-corrected chi connectivity index (χ3v) is 4.67. The van der Waals surface area contributed by atoms with Gasteiger partial charge in [-0.05, 0) is 60.8 Å². The van der Waals surface area contributed by atoms with Gasteiger partial charge in [-0.3, -0.25) is 0 Å². The zero-order valence-electron chi connectivity index (χ0n) is 14.9. The van der Waals surface area contributed by atoms with Crippen LogP contribution in [0, 0.1) is 12.7 Å². The third-order valence-electron chi connectivity index (χ3n) is 4.67. The molecule has 0 aromatic heterocycles.